The molecule has 0 saturated heterocycles. The number of aromatic amines is 1. The summed E-state index contributed by atoms with van der Waals surface area (Å²) in [6.07, 6.45) is 0.988. The Balaban J connectivity index is 2.54. The van der Waals surface area contributed by atoms with Gasteiger partial charge in [0, 0.05) is 17.5 Å². The van der Waals surface area contributed by atoms with Crippen molar-refractivity contribution < 1.29 is 0 Å². The number of hydrogen-bond acceptors (Lipinski definition) is 5. The van der Waals surface area contributed by atoms with Gasteiger partial charge in [0.15, 0.2) is 5.16 Å². The van der Waals surface area contributed by atoms with Crippen molar-refractivity contribution in [2.75, 3.05) is 12.3 Å². The van der Waals surface area contributed by atoms with Crippen molar-refractivity contribution in [2.45, 2.75) is 31.5 Å². The van der Waals surface area contributed by atoms with Gasteiger partial charge in [0.05, 0.1) is 6.07 Å². The number of nitriles is 1. The number of aromatic nitrogens is 2. The first-order chi connectivity index (χ1) is 8.15. The van der Waals surface area contributed by atoms with E-state index in [1.165, 1.54) is 17.8 Å². The summed E-state index contributed by atoms with van der Waals surface area (Å²) in [6.45, 7) is 4.64. The zero-order chi connectivity index (χ0) is 12.7. The van der Waals surface area contributed by atoms with Crippen molar-refractivity contribution in [1.29, 1.82) is 5.26 Å². The fraction of sp³-hybridized carbons (Fsp3) is 0.545. The number of aryl methyl sites for hydroxylation is 1. The lowest BCUT2D eigenvalue weighted by molar-refractivity contribution is 0.637. The molecule has 0 saturated carbocycles. The molecule has 0 spiro atoms. The van der Waals surface area contributed by atoms with E-state index in [9.17, 15) is 4.79 Å². The second-order valence-electron chi connectivity index (χ2n) is 3.64. The maximum absolute atomic E-state index is 11.2. The zero-order valence-electron chi connectivity index (χ0n) is 9.99. The van der Waals surface area contributed by atoms with Crippen LogP contribution in [0.2, 0.25) is 0 Å². The summed E-state index contributed by atoms with van der Waals surface area (Å²) in [5.41, 5.74) is 0.529. The Morgan fingerprint density at radius 3 is 3.06 bits per heavy atom. The Hall–Kier alpha value is -1.32. The average molecular weight is 252 g/mol. The summed E-state index contributed by atoms with van der Waals surface area (Å²) in [5.74, 6) is 0.572. The maximum Gasteiger partial charge on any atom is 0.251 e. The number of nitrogens with zero attached hydrogens (tertiary/aromatic N) is 2. The molecule has 0 aromatic carbocycles. The van der Waals surface area contributed by atoms with Crippen LogP contribution in [0.15, 0.2) is 16.0 Å². The van der Waals surface area contributed by atoms with Crippen LogP contribution in [0, 0.1) is 18.3 Å². The quantitative estimate of drug-likeness (QED) is 0.584. The minimum absolute atomic E-state index is 0.157. The molecule has 0 amide bonds. The van der Waals surface area contributed by atoms with Crippen LogP contribution >= 0.6 is 11.8 Å². The second kappa shape index (κ2) is 7.09. The van der Waals surface area contributed by atoms with Crippen LogP contribution in [0.3, 0.4) is 0 Å². The second-order valence-corrected chi connectivity index (χ2v) is 4.65. The summed E-state index contributed by atoms with van der Waals surface area (Å²) >= 11 is 1.38. The van der Waals surface area contributed by atoms with Crippen LogP contribution in [0.1, 0.15) is 19.0 Å². The molecule has 0 radical (unpaired) electrons. The standard InChI is InChI=1S/C11H16N4OS/c1-3-4-13-9(6-12)7-17-11-14-8(2)5-10(16)15-11/h5,9,13H,3-4,7H2,1-2H3,(H,14,15,16). The molecular weight excluding hydrogens is 236 g/mol. The number of H-pyrrole nitrogens is 1. The van der Waals surface area contributed by atoms with E-state index >= 15 is 0 Å². The molecule has 0 aliphatic rings. The molecule has 92 valence electrons. The Kier molecular flexibility index (Phi) is 5.73. The molecule has 1 heterocycles. The molecule has 1 aromatic rings. The van der Waals surface area contributed by atoms with E-state index in [0.717, 1.165) is 13.0 Å². The summed E-state index contributed by atoms with van der Waals surface area (Å²) in [7, 11) is 0. The van der Waals surface area contributed by atoms with E-state index in [4.69, 9.17) is 5.26 Å². The Morgan fingerprint density at radius 2 is 2.47 bits per heavy atom. The summed E-state index contributed by atoms with van der Waals surface area (Å²) < 4.78 is 0. The SMILES string of the molecule is CCCNC(C#N)CSc1nc(C)cc(=O)[nH]1. The van der Waals surface area contributed by atoms with Gasteiger partial charge < -0.3 is 10.3 Å². The van der Waals surface area contributed by atoms with Crippen molar-refractivity contribution in [3.63, 3.8) is 0 Å². The summed E-state index contributed by atoms with van der Waals surface area (Å²) in [5, 5.41) is 12.6. The fourth-order valence-electron chi connectivity index (χ4n) is 1.24. The summed E-state index contributed by atoms with van der Waals surface area (Å²) in [4.78, 5) is 18.0. The molecule has 0 aliphatic carbocycles. The molecule has 0 aliphatic heterocycles. The van der Waals surface area contributed by atoms with E-state index in [1.54, 1.807) is 6.92 Å². The van der Waals surface area contributed by atoms with Gasteiger partial charge in [0.2, 0.25) is 0 Å². The number of rotatable bonds is 6. The normalized spacial score (nSPS) is 12.1. The van der Waals surface area contributed by atoms with Crippen molar-refractivity contribution in [2.24, 2.45) is 0 Å². The van der Waals surface area contributed by atoms with Gasteiger partial charge in [-0.05, 0) is 19.9 Å². The Morgan fingerprint density at radius 1 is 1.71 bits per heavy atom. The zero-order valence-corrected chi connectivity index (χ0v) is 10.8. The first-order valence-corrected chi connectivity index (χ1v) is 6.48. The molecular formula is C11H16N4OS. The molecule has 0 fully saturated rings. The van der Waals surface area contributed by atoms with E-state index < -0.39 is 0 Å². The highest BCUT2D eigenvalue weighted by atomic mass is 32.2. The first-order valence-electron chi connectivity index (χ1n) is 5.49. The van der Waals surface area contributed by atoms with Gasteiger partial charge in [-0.2, -0.15) is 5.26 Å². The van der Waals surface area contributed by atoms with Gasteiger partial charge in [0.1, 0.15) is 6.04 Å². The largest absolute Gasteiger partial charge is 0.301 e. The molecule has 6 heteroatoms. The van der Waals surface area contributed by atoms with Crippen LogP contribution in [-0.4, -0.2) is 28.3 Å². The third-order valence-corrected chi connectivity index (χ3v) is 3.00. The Bertz CT molecular complexity index is 452. The van der Waals surface area contributed by atoms with E-state index in [1.807, 2.05) is 6.92 Å². The van der Waals surface area contributed by atoms with Gasteiger partial charge in [0.25, 0.3) is 5.56 Å². The molecule has 1 atom stereocenters. The lowest BCUT2D eigenvalue weighted by atomic mass is 10.3. The van der Waals surface area contributed by atoms with Crippen LogP contribution in [0.25, 0.3) is 0 Å². The van der Waals surface area contributed by atoms with Gasteiger partial charge in [-0.3, -0.25) is 4.79 Å². The van der Waals surface area contributed by atoms with Crippen molar-refractivity contribution in [3.05, 3.63) is 22.1 Å². The fourth-order valence-corrected chi connectivity index (χ4v) is 2.14. The van der Waals surface area contributed by atoms with Gasteiger partial charge in [-0.1, -0.05) is 18.7 Å². The van der Waals surface area contributed by atoms with Crippen LogP contribution in [-0.2, 0) is 0 Å². The highest BCUT2D eigenvalue weighted by molar-refractivity contribution is 7.99. The third-order valence-electron chi connectivity index (χ3n) is 2.03. The highest BCUT2D eigenvalue weighted by Crippen LogP contribution is 2.12. The molecule has 1 rings (SSSR count). The van der Waals surface area contributed by atoms with Crippen LogP contribution < -0.4 is 10.9 Å². The van der Waals surface area contributed by atoms with Gasteiger partial charge in [-0.15, -0.1) is 0 Å². The maximum atomic E-state index is 11.2. The number of hydrogen-bond donors (Lipinski definition) is 2. The third kappa shape index (κ3) is 5.02. The minimum atomic E-state index is -0.217. The predicted octanol–water partition coefficient (Wildman–Crippen LogP) is 1.06. The van der Waals surface area contributed by atoms with Crippen LogP contribution in [0.4, 0.5) is 0 Å². The smallest absolute Gasteiger partial charge is 0.251 e. The average Bonchev–Trinajstić information content (AvgIpc) is 2.28. The van der Waals surface area contributed by atoms with Crippen molar-refractivity contribution in [3.8, 4) is 6.07 Å². The molecule has 5 nitrogen and oxygen atoms in total. The topological polar surface area (TPSA) is 81.6 Å². The molecule has 1 unspecified atom stereocenters. The molecule has 2 N–H and O–H groups in total. The summed E-state index contributed by atoms with van der Waals surface area (Å²) in [6, 6.07) is 3.41. The van der Waals surface area contributed by atoms with Crippen molar-refractivity contribution in [1.82, 2.24) is 15.3 Å². The van der Waals surface area contributed by atoms with Crippen LogP contribution in [0.5, 0.6) is 0 Å². The first kappa shape index (κ1) is 13.7. The van der Waals surface area contributed by atoms with E-state index in [2.05, 4.69) is 21.4 Å². The van der Waals surface area contributed by atoms with E-state index in [0.29, 0.717) is 16.6 Å². The lowest BCUT2D eigenvalue weighted by Gasteiger charge is -2.09. The lowest BCUT2D eigenvalue weighted by Crippen LogP contribution is -2.30. The predicted molar refractivity (Wildman–Crippen MR) is 68.0 cm³/mol. The Labute approximate surface area is 105 Å². The van der Waals surface area contributed by atoms with Gasteiger partial charge in [-0.25, -0.2) is 4.98 Å². The number of thioether (sulfide) groups is 1. The highest BCUT2D eigenvalue weighted by Gasteiger charge is 2.08. The minimum Gasteiger partial charge on any atom is -0.301 e. The number of nitrogens with one attached hydrogen (secondary N) is 2. The monoisotopic (exact) mass is 252 g/mol. The molecule has 0 bridgehead atoms. The van der Waals surface area contributed by atoms with E-state index in [-0.39, 0.29) is 11.6 Å². The van der Waals surface area contributed by atoms with Crippen molar-refractivity contribution >= 4 is 11.8 Å². The molecule has 17 heavy (non-hydrogen) atoms. The molecule has 1 aromatic heterocycles. The van der Waals surface area contributed by atoms with Gasteiger partial charge >= 0.3 is 0 Å².